The third-order valence-corrected chi connectivity index (χ3v) is 5.86. The molecule has 0 unspecified atom stereocenters. The first kappa shape index (κ1) is 20.9. The number of hydrogen-bond donors (Lipinski definition) is 2. The minimum atomic E-state index is -3.35. The van der Waals surface area contributed by atoms with Gasteiger partial charge in [-0.25, -0.2) is 8.42 Å². The van der Waals surface area contributed by atoms with Gasteiger partial charge in [0, 0.05) is 12.1 Å². The maximum Gasteiger partial charge on any atom is 0.235 e. The Labute approximate surface area is 150 Å². The van der Waals surface area contributed by atoms with Gasteiger partial charge in [-0.05, 0) is 44.1 Å². The van der Waals surface area contributed by atoms with Crippen LogP contribution in [0, 0.1) is 0 Å². The van der Waals surface area contributed by atoms with E-state index in [0.717, 1.165) is 31.2 Å². The molecule has 1 aliphatic rings. The number of aryl methyl sites for hydroxylation is 1. The van der Waals surface area contributed by atoms with E-state index in [0.29, 0.717) is 12.8 Å². The smallest absolute Gasteiger partial charge is 0.235 e. The van der Waals surface area contributed by atoms with Gasteiger partial charge in [0.05, 0.1) is 5.75 Å². The van der Waals surface area contributed by atoms with E-state index in [4.69, 9.17) is 5.73 Å². The summed E-state index contributed by atoms with van der Waals surface area (Å²) < 4.78 is 24.1. The van der Waals surface area contributed by atoms with Gasteiger partial charge in [0.1, 0.15) is 5.75 Å². The number of halogens is 1. The molecule has 3 N–H and O–H groups in total. The SMILES string of the molecule is Cl.NC1CCC(NC(=O)CS(=O)(=O)CCCc2ccccc2)CC1. The van der Waals surface area contributed by atoms with Gasteiger partial charge in [0.25, 0.3) is 0 Å². The Morgan fingerprint density at radius 2 is 1.75 bits per heavy atom. The Morgan fingerprint density at radius 1 is 1.12 bits per heavy atom. The van der Waals surface area contributed by atoms with E-state index in [2.05, 4.69) is 5.32 Å². The second-order valence-electron chi connectivity index (χ2n) is 6.36. The average Bonchev–Trinajstić information content (AvgIpc) is 2.50. The van der Waals surface area contributed by atoms with E-state index >= 15 is 0 Å². The van der Waals surface area contributed by atoms with Crippen LogP contribution in [0.2, 0.25) is 0 Å². The number of carbonyl (C=O) groups excluding carboxylic acids is 1. The molecule has 0 radical (unpaired) electrons. The van der Waals surface area contributed by atoms with Gasteiger partial charge in [-0.1, -0.05) is 30.3 Å². The predicted molar refractivity (Wildman–Crippen MR) is 99.0 cm³/mol. The van der Waals surface area contributed by atoms with E-state index in [-0.39, 0.29) is 36.2 Å². The fourth-order valence-electron chi connectivity index (χ4n) is 2.95. The van der Waals surface area contributed by atoms with E-state index in [1.54, 1.807) is 0 Å². The van der Waals surface area contributed by atoms with E-state index < -0.39 is 15.6 Å². The molecule has 136 valence electrons. The number of sulfone groups is 1. The van der Waals surface area contributed by atoms with Crippen LogP contribution in [0.1, 0.15) is 37.7 Å². The first-order valence-electron chi connectivity index (χ1n) is 8.24. The van der Waals surface area contributed by atoms with Crippen LogP contribution in [0.15, 0.2) is 30.3 Å². The predicted octanol–water partition coefficient (Wildman–Crippen LogP) is 1.84. The largest absolute Gasteiger partial charge is 0.352 e. The minimum absolute atomic E-state index is 0. The molecular formula is C17H27ClN2O3S. The molecule has 2 rings (SSSR count). The summed E-state index contributed by atoms with van der Waals surface area (Å²) in [6.07, 6.45) is 4.69. The Balaban J connectivity index is 0.00000288. The highest BCUT2D eigenvalue weighted by Crippen LogP contribution is 2.16. The molecule has 1 fully saturated rings. The summed E-state index contributed by atoms with van der Waals surface area (Å²) in [6.45, 7) is 0. The first-order chi connectivity index (χ1) is 10.9. The van der Waals surface area contributed by atoms with Crippen LogP contribution in [0.3, 0.4) is 0 Å². The van der Waals surface area contributed by atoms with Crippen LogP contribution in [0.4, 0.5) is 0 Å². The van der Waals surface area contributed by atoms with E-state index in [1.807, 2.05) is 30.3 Å². The standard InChI is InChI=1S/C17H26N2O3S.ClH/c18-15-8-10-16(11-9-15)19-17(20)13-23(21,22)12-4-7-14-5-2-1-3-6-14;/h1-3,5-6,15-16H,4,7-13,18H2,(H,19,20);1H. The monoisotopic (exact) mass is 374 g/mol. The lowest BCUT2D eigenvalue weighted by atomic mass is 9.92. The zero-order chi connectivity index (χ0) is 16.7. The Hall–Kier alpha value is -1.11. The highest BCUT2D eigenvalue weighted by molar-refractivity contribution is 7.92. The normalized spacial score (nSPS) is 20.9. The Bertz CT molecular complexity index is 600. The van der Waals surface area contributed by atoms with Crippen LogP contribution in [-0.4, -0.2) is 37.9 Å². The number of benzene rings is 1. The van der Waals surface area contributed by atoms with Crippen molar-refractivity contribution in [3.63, 3.8) is 0 Å². The average molecular weight is 375 g/mol. The van der Waals surface area contributed by atoms with Crippen molar-refractivity contribution in [2.45, 2.75) is 50.6 Å². The van der Waals surface area contributed by atoms with Gasteiger partial charge in [0.15, 0.2) is 9.84 Å². The molecule has 0 saturated heterocycles. The molecule has 0 aliphatic heterocycles. The molecule has 0 atom stereocenters. The number of nitrogens with one attached hydrogen (secondary N) is 1. The molecule has 7 heteroatoms. The lowest BCUT2D eigenvalue weighted by Gasteiger charge is -2.26. The van der Waals surface area contributed by atoms with Crippen LogP contribution in [0.25, 0.3) is 0 Å². The molecule has 0 bridgehead atoms. The number of hydrogen-bond acceptors (Lipinski definition) is 4. The van der Waals surface area contributed by atoms with Gasteiger partial charge in [0.2, 0.25) is 5.91 Å². The summed E-state index contributed by atoms with van der Waals surface area (Å²) in [5.41, 5.74) is 6.94. The zero-order valence-corrected chi connectivity index (χ0v) is 15.4. The molecule has 1 aliphatic carbocycles. The number of amides is 1. The van der Waals surface area contributed by atoms with Crippen molar-refractivity contribution in [3.8, 4) is 0 Å². The molecule has 1 aromatic carbocycles. The third-order valence-electron chi connectivity index (χ3n) is 4.25. The van der Waals surface area contributed by atoms with Crippen LogP contribution in [0.5, 0.6) is 0 Å². The lowest BCUT2D eigenvalue weighted by Crippen LogP contribution is -2.42. The summed E-state index contributed by atoms with van der Waals surface area (Å²) in [6, 6.07) is 10.1. The maximum atomic E-state index is 12.0. The summed E-state index contributed by atoms with van der Waals surface area (Å²) in [5.74, 6) is -0.750. The van der Waals surface area contributed by atoms with Gasteiger partial charge >= 0.3 is 0 Å². The summed E-state index contributed by atoms with van der Waals surface area (Å²) >= 11 is 0. The highest BCUT2D eigenvalue weighted by atomic mass is 35.5. The molecule has 1 saturated carbocycles. The second-order valence-corrected chi connectivity index (χ2v) is 8.54. The van der Waals surface area contributed by atoms with E-state index in [1.165, 1.54) is 0 Å². The molecule has 0 aromatic heterocycles. The van der Waals surface area contributed by atoms with Crippen LogP contribution >= 0.6 is 12.4 Å². The molecule has 0 spiro atoms. The van der Waals surface area contributed by atoms with Crippen molar-refractivity contribution in [1.29, 1.82) is 0 Å². The van der Waals surface area contributed by atoms with Gasteiger partial charge in [-0.3, -0.25) is 4.79 Å². The lowest BCUT2D eigenvalue weighted by molar-refractivity contribution is -0.119. The van der Waals surface area contributed by atoms with Crippen molar-refractivity contribution >= 4 is 28.2 Å². The number of rotatable bonds is 7. The van der Waals surface area contributed by atoms with Crippen molar-refractivity contribution in [2.24, 2.45) is 5.73 Å². The molecule has 24 heavy (non-hydrogen) atoms. The Kier molecular flexibility index (Phi) is 8.73. The Morgan fingerprint density at radius 3 is 2.38 bits per heavy atom. The van der Waals surface area contributed by atoms with Crippen LogP contribution in [-0.2, 0) is 21.1 Å². The summed E-state index contributed by atoms with van der Waals surface area (Å²) in [7, 11) is -3.35. The first-order valence-corrected chi connectivity index (χ1v) is 10.1. The second kappa shape index (κ2) is 10.0. The summed E-state index contributed by atoms with van der Waals surface area (Å²) in [5, 5.41) is 2.83. The number of carbonyl (C=O) groups is 1. The van der Waals surface area contributed by atoms with Gasteiger partial charge in [-0.15, -0.1) is 12.4 Å². The topological polar surface area (TPSA) is 89.3 Å². The number of nitrogens with two attached hydrogens (primary N) is 1. The van der Waals surface area contributed by atoms with Crippen molar-refractivity contribution in [1.82, 2.24) is 5.32 Å². The third kappa shape index (κ3) is 7.64. The van der Waals surface area contributed by atoms with Gasteiger partial charge in [-0.2, -0.15) is 0 Å². The fourth-order valence-corrected chi connectivity index (χ4v) is 4.16. The summed E-state index contributed by atoms with van der Waals surface area (Å²) in [4.78, 5) is 11.9. The molecule has 5 nitrogen and oxygen atoms in total. The quantitative estimate of drug-likeness (QED) is 0.762. The molecule has 0 heterocycles. The fraction of sp³-hybridized carbons (Fsp3) is 0.588. The van der Waals surface area contributed by atoms with Crippen molar-refractivity contribution in [2.75, 3.05) is 11.5 Å². The zero-order valence-electron chi connectivity index (χ0n) is 13.8. The minimum Gasteiger partial charge on any atom is -0.352 e. The molecule has 1 amide bonds. The molecular weight excluding hydrogens is 348 g/mol. The van der Waals surface area contributed by atoms with Crippen LogP contribution < -0.4 is 11.1 Å². The molecule has 1 aromatic rings. The van der Waals surface area contributed by atoms with Crippen molar-refractivity contribution < 1.29 is 13.2 Å². The van der Waals surface area contributed by atoms with E-state index in [9.17, 15) is 13.2 Å². The maximum absolute atomic E-state index is 12.0. The van der Waals surface area contributed by atoms with Crippen molar-refractivity contribution in [3.05, 3.63) is 35.9 Å². The highest BCUT2D eigenvalue weighted by Gasteiger charge is 2.22. The van der Waals surface area contributed by atoms with Gasteiger partial charge < -0.3 is 11.1 Å².